The Kier molecular flexibility index (Phi) is 3.19. The normalized spacial score (nSPS) is 13.3. The van der Waals surface area contributed by atoms with E-state index in [9.17, 15) is 4.39 Å². The summed E-state index contributed by atoms with van der Waals surface area (Å²) in [5, 5.41) is 0. The van der Waals surface area contributed by atoms with E-state index in [2.05, 4.69) is 4.99 Å². The molecule has 0 unspecified atom stereocenters. The van der Waals surface area contributed by atoms with Crippen LogP contribution in [0.4, 0.5) is 4.39 Å². The molecule has 1 nitrogen and oxygen atoms in total. The van der Waals surface area contributed by atoms with Crippen molar-refractivity contribution in [2.24, 2.45) is 4.99 Å². The minimum atomic E-state index is -0.428. The lowest BCUT2D eigenvalue weighted by atomic mass is 10.5. The van der Waals surface area contributed by atoms with Gasteiger partial charge in [-0.25, -0.2) is 0 Å². The molecular weight excluding hydrogens is 93.1 g/mol. The van der Waals surface area contributed by atoms with Gasteiger partial charge >= 0.3 is 0 Å². The van der Waals surface area contributed by atoms with E-state index in [0.717, 1.165) is 0 Å². The van der Waals surface area contributed by atoms with Gasteiger partial charge in [0.15, 0.2) is 0 Å². The topological polar surface area (TPSA) is 12.4 Å². The number of hydrogen-bond donors (Lipinski definition) is 0. The summed E-state index contributed by atoms with van der Waals surface area (Å²) in [6.45, 7) is 1.74. The molecular formula is C5H8FN. The monoisotopic (exact) mass is 101 g/mol. The predicted octanol–water partition coefficient (Wildman–Crippen LogP) is 1.56. The van der Waals surface area contributed by atoms with Crippen LogP contribution in [-0.2, 0) is 0 Å². The maximum absolute atomic E-state index is 11.8. The fourth-order valence-corrected chi connectivity index (χ4v) is 0.212. The van der Waals surface area contributed by atoms with Crippen molar-refractivity contribution in [1.82, 2.24) is 0 Å². The maximum atomic E-state index is 11.8. The molecule has 0 saturated heterocycles. The Morgan fingerprint density at radius 2 is 2.29 bits per heavy atom. The molecule has 0 aliphatic rings. The highest BCUT2D eigenvalue weighted by Gasteiger charge is 1.78. The summed E-state index contributed by atoms with van der Waals surface area (Å²) in [7, 11) is 1.41. The second-order valence-corrected chi connectivity index (χ2v) is 1.05. The van der Waals surface area contributed by atoms with Gasteiger partial charge in [-0.05, 0) is 13.0 Å². The van der Waals surface area contributed by atoms with Crippen molar-refractivity contribution in [3.05, 3.63) is 12.2 Å². The summed E-state index contributed by atoms with van der Waals surface area (Å²) in [4.78, 5) is 3.24. The molecule has 2 heteroatoms. The van der Waals surface area contributed by atoms with Gasteiger partial charge in [0, 0.05) is 7.05 Å². The average Bonchev–Trinajstić information content (AvgIpc) is 1.68. The Hall–Kier alpha value is -0.660. The molecule has 0 heterocycles. The van der Waals surface area contributed by atoms with Crippen LogP contribution in [0.25, 0.3) is 0 Å². The lowest BCUT2D eigenvalue weighted by Gasteiger charge is -1.75. The number of allylic oxidation sites excluding steroid dienone is 2. The van der Waals surface area contributed by atoms with Gasteiger partial charge in [-0.1, -0.05) is 6.08 Å². The van der Waals surface area contributed by atoms with E-state index in [-0.39, 0.29) is 0 Å². The van der Waals surface area contributed by atoms with Crippen molar-refractivity contribution in [1.29, 1.82) is 0 Å². The van der Waals surface area contributed by atoms with E-state index in [4.69, 9.17) is 0 Å². The highest BCUT2D eigenvalue weighted by Crippen LogP contribution is 1.79. The summed E-state index contributed by atoms with van der Waals surface area (Å²) in [5.74, 6) is -0.428. The molecule has 0 fully saturated rings. The molecule has 0 rings (SSSR count). The van der Waals surface area contributed by atoms with Crippen LogP contribution in [-0.4, -0.2) is 13.0 Å². The largest absolute Gasteiger partial charge is 0.261 e. The first kappa shape index (κ1) is 6.34. The number of rotatable bonds is 1. The van der Waals surface area contributed by atoms with Crippen molar-refractivity contribution in [2.45, 2.75) is 6.92 Å². The van der Waals surface area contributed by atoms with Crippen LogP contribution in [0.1, 0.15) is 6.92 Å². The van der Waals surface area contributed by atoms with Crippen molar-refractivity contribution >= 4 is 5.97 Å². The van der Waals surface area contributed by atoms with Crippen molar-refractivity contribution in [2.75, 3.05) is 7.05 Å². The van der Waals surface area contributed by atoms with Gasteiger partial charge in [0.2, 0.25) is 5.97 Å². The molecule has 0 aromatic heterocycles. The summed E-state index contributed by atoms with van der Waals surface area (Å²) >= 11 is 0. The molecule has 0 saturated carbocycles. The van der Waals surface area contributed by atoms with Crippen LogP contribution >= 0.6 is 0 Å². The van der Waals surface area contributed by atoms with Crippen molar-refractivity contribution in [3.8, 4) is 0 Å². The molecule has 0 bridgehead atoms. The highest BCUT2D eigenvalue weighted by molar-refractivity contribution is 5.86. The maximum Gasteiger partial charge on any atom is 0.207 e. The number of aliphatic imine (C=N–C) groups is 1. The van der Waals surface area contributed by atoms with Gasteiger partial charge < -0.3 is 0 Å². The second kappa shape index (κ2) is 3.53. The standard InChI is InChI=1S/C5H8FN/c1-3-4-5(6)7-2/h3-4H,1-2H3/b4-3-,7-5?. The highest BCUT2D eigenvalue weighted by atomic mass is 19.1. The lowest BCUT2D eigenvalue weighted by molar-refractivity contribution is 0.809. The van der Waals surface area contributed by atoms with Crippen LogP contribution in [0, 0.1) is 0 Å². The second-order valence-electron chi connectivity index (χ2n) is 1.05. The average molecular weight is 101 g/mol. The zero-order chi connectivity index (χ0) is 5.70. The Balaban J connectivity index is 3.58. The Morgan fingerprint density at radius 3 is 2.43 bits per heavy atom. The number of halogens is 1. The van der Waals surface area contributed by atoms with Crippen molar-refractivity contribution in [3.63, 3.8) is 0 Å². The fourth-order valence-electron chi connectivity index (χ4n) is 0.212. The third-order valence-corrected chi connectivity index (χ3v) is 0.518. The van der Waals surface area contributed by atoms with Gasteiger partial charge in [-0.15, -0.1) is 0 Å². The predicted molar refractivity (Wildman–Crippen MR) is 29.3 cm³/mol. The Bertz CT molecular complexity index is 94.3. The summed E-state index contributed by atoms with van der Waals surface area (Å²) in [6.07, 6.45) is 2.91. The van der Waals surface area contributed by atoms with Crippen LogP contribution in [0.15, 0.2) is 17.1 Å². The SMILES string of the molecule is C/C=C\C(F)=NC. The van der Waals surface area contributed by atoms with Gasteiger partial charge in [-0.2, -0.15) is 4.39 Å². The first-order valence-corrected chi connectivity index (χ1v) is 2.06. The first-order chi connectivity index (χ1) is 3.31. The Labute approximate surface area is 42.6 Å². The van der Waals surface area contributed by atoms with E-state index in [1.54, 1.807) is 13.0 Å². The molecule has 7 heavy (non-hydrogen) atoms. The van der Waals surface area contributed by atoms with Crippen LogP contribution in [0.5, 0.6) is 0 Å². The minimum Gasteiger partial charge on any atom is -0.261 e. The van der Waals surface area contributed by atoms with Gasteiger partial charge in [0.25, 0.3) is 0 Å². The van der Waals surface area contributed by atoms with Gasteiger partial charge in [0.05, 0.1) is 0 Å². The zero-order valence-corrected chi connectivity index (χ0v) is 4.48. The molecule has 0 aromatic rings. The van der Waals surface area contributed by atoms with Gasteiger partial charge in [0.1, 0.15) is 0 Å². The van der Waals surface area contributed by atoms with E-state index < -0.39 is 5.97 Å². The van der Waals surface area contributed by atoms with E-state index in [1.165, 1.54) is 13.1 Å². The Morgan fingerprint density at radius 1 is 1.71 bits per heavy atom. The number of nitrogens with zero attached hydrogens (tertiary/aromatic N) is 1. The minimum absolute atomic E-state index is 0.428. The summed E-state index contributed by atoms with van der Waals surface area (Å²) in [6, 6.07) is 0. The van der Waals surface area contributed by atoms with Gasteiger partial charge in [-0.3, -0.25) is 4.99 Å². The van der Waals surface area contributed by atoms with Crippen LogP contribution < -0.4 is 0 Å². The molecule has 0 radical (unpaired) electrons. The van der Waals surface area contributed by atoms with E-state index in [1.807, 2.05) is 0 Å². The van der Waals surface area contributed by atoms with Crippen LogP contribution in [0.2, 0.25) is 0 Å². The molecule has 0 aliphatic carbocycles. The third-order valence-electron chi connectivity index (χ3n) is 0.518. The molecule has 0 N–H and O–H groups in total. The smallest absolute Gasteiger partial charge is 0.207 e. The van der Waals surface area contributed by atoms with Crippen molar-refractivity contribution < 1.29 is 4.39 Å². The lowest BCUT2D eigenvalue weighted by Crippen LogP contribution is -1.76. The quantitative estimate of drug-likeness (QED) is 0.444. The first-order valence-electron chi connectivity index (χ1n) is 2.06. The molecule has 0 aromatic carbocycles. The fraction of sp³-hybridized carbons (Fsp3) is 0.400. The van der Waals surface area contributed by atoms with Crippen LogP contribution in [0.3, 0.4) is 0 Å². The third kappa shape index (κ3) is 3.16. The van der Waals surface area contributed by atoms with E-state index in [0.29, 0.717) is 0 Å². The zero-order valence-electron chi connectivity index (χ0n) is 4.48. The summed E-state index contributed by atoms with van der Waals surface area (Å²) in [5.41, 5.74) is 0. The molecule has 0 atom stereocenters. The molecule has 0 spiro atoms. The molecule has 0 amide bonds. The summed E-state index contributed by atoms with van der Waals surface area (Å²) < 4.78 is 11.8. The molecule has 40 valence electrons. The van der Waals surface area contributed by atoms with E-state index >= 15 is 0 Å². The molecule has 0 aliphatic heterocycles. The number of hydrogen-bond acceptors (Lipinski definition) is 1.